The minimum atomic E-state index is -0.0132. The molecule has 78 valence electrons. The normalized spacial score (nSPS) is 10.8. The van der Waals surface area contributed by atoms with Crippen molar-refractivity contribution < 1.29 is 0 Å². The lowest BCUT2D eigenvalue weighted by Gasteiger charge is -2.08. The van der Waals surface area contributed by atoms with Gasteiger partial charge in [-0.3, -0.25) is 4.79 Å². The highest BCUT2D eigenvalue weighted by Gasteiger charge is 2.02. The molecule has 0 aliphatic heterocycles. The second-order valence-electron chi connectivity index (χ2n) is 3.32. The Kier molecular flexibility index (Phi) is 2.75. The molecule has 15 heavy (non-hydrogen) atoms. The van der Waals surface area contributed by atoms with E-state index in [4.69, 9.17) is 17.3 Å². The molecular weight excluding hydrogens is 212 g/mol. The van der Waals surface area contributed by atoms with Gasteiger partial charge in [0.05, 0.1) is 5.52 Å². The molecule has 2 rings (SSSR count). The number of hydrogen-bond acceptors (Lipinski definition) is 2. The quantitative estimate of drug-likeness (QED) is 0.840. The fourth-order valence-corrected chi connectivity index (χ4v) is 1.79. The zero-order chi connectivity index (χ0) is 10.8. The van der Waals surface area contributed by atoms with E-state index in [0.717, 1.165) is 5.52 Å². The first-order valence-corrected chi connectivity index (χ1v) is 5.09. The molecule has 4 heteroatoms. The van der Waals surface area contributed by atoms with E-state index in [2.05, 4.69) is 0 Å². The van der Waals surface area contributed by atoms with E-state index < -0.39 is 0 Å². The Morgan fingerprint density at radius 1 is 1.33 bits per heavy atom. The van der Waals surface area contributed by atoms with Crippen molar-refractivity contribution in [2.24, 2.45) is 5.73 Å². The van der Waals surface area contributed by atoms with Crippen LogP contribution in [0.4, 0.5) is 0 Å². The lowest BCUT2D eigenvalue weighted by Crippen LogP contribution is -2.13. The molecule has 0 amide bonds. The first-order valence-electron chi connectivity index (χ1n) is 4.71. The van der Waals surface area contributed by atoms with Crippen LogP contribution in [-0.4, -0.2) is 11.1 Å². The standard InChI is InChI=1S/C11H11ClN2O/c12-8-1-2-10-9(7-8)11(15)3-5-14(10)6-4-13/h1-3,5,7H,4,6,13H2. The molecule has 0 aliphatic carbocycles. The molecule has 1 aromatic heterocycles. The molecule has 1 aromatic carbocycles. The zero-order valence-corrected chi connectivity index (χ0v) is 8.87. The summed E-state index contributed by atoms with van der Waals surface area (Å²) in [5, 5.41) is 1.21. The maximum Gasteiger partial charge on any atom is 0.189 e. The number of halogens is 1. The number of aromatic nitrogens is 1. The lowest BCUT2D eigenvalue weighted by atomic mass is 10.2. The summed E-state index contributed by atoms with van der Waals surface area (Å²) >= 11 is 5.85. The Labute approximate surface area is 92.1 Å². The van der Waals surface area contributed by atoms with Crippen LogP contribution in [0.3, 0.4) is 0 Å². The summed E-state index contributed by atoms with van der Waals surface area (Å²) in [6, 6.07) is 6.84. The number of nitrogens with zero attached hydrogens (tertiary/aromatic N) is 1. The van der Waals surface area contributed by atoms with Crippen LogP contribution < -0.4 is 11.2 Å². The topological polar surface area (TPSA) is 48.0 Å². The van der Waals surface area contributed by atoms with Crippen LogP contribution >= 0.6 is 11.6 Å². The van der Waals surface area contributed by atoms with Gasteiger partial charge in [0.25, 0.3) is 0 Å². The lowest BCUT2D eigenvalue weighted by molar-refractivity contribution is 0.728. The van der Waals surface area contributed by atoms with Crippen LogP contribution in [0.5, 0.6) is 0 Å². The Bertz CT molecular complexity index is 548. The van der Waals surface area contributed by atoms with Crippen LogP contribution in [-0.2, 0) is 6.54 Å². The third-order valence-electron chi connectivity index (χ3n) is 2.31. The highest BCUT2D eigenvalue weighted by molar-refractivity contribution is 6.31. The van der Waals surface area contributed by atoms with Gasteiger partial charge in [-0.2, -0.15) is 0 Å². The minimum absolute atomic E-state index is 0.0132. The predicted octanol–water partition coefficient (Wildman–Crippen LogP) is 1.61. The van der Waals surface area contributed by atoms with Crippen molar-refractivity contribution >= 4 is 22.5 Å². The second kappa shape index (κ2) is 4.04. The molecule has 2 N–H and O–H groups in total. The summed E-state index contributed by atoms with van der Waals surface area (Å²) in [6.45, 7) is 1.24. The second-order valence-corrected chi connectivity index (χ2v) is 3.76. The highest BCUT2D eigenvalue weighted by atomic mass is 35.5. The maximum atomic E-state index is 11.6. The summed E-state index contributed by atoms with van der Waals surface area (Å²) in [4.78, 5) is 11.6. The molecule has 0 atom stereocenters. The fraction of sp³-hybridized carbons (Fsp3) is 0.182. The summed E-state index contributed by atoms with van der Waals surface area (Å²) in [5.74, 6) is 0. The van der Waals surface area contributed by atoms with Gasteiger partial charge in [0.1, 0.15) is 0 Å². The fourth-order valence-electron chi connectivity index (χ4n) is 1.62. The number of nitrogens with two attached hydrogens (primary N) is 1. The van der Waals surface area contributed by atoms with Crippen molar-refractivity contribution in [3.05, 3.63) is 45.7 Å². The van der Waals surface area contributed by atoms with Gasteiger partial charge in [0, 0.05) is 35.8 Å². The summed E-state index contributed by atoms with van der Waals surface area (Å²) in [5.41, 5.74) is 6.35. The predicted molar refractivity (Wildman–Crippen MR) is 62.3 cm³/mol. The first-order chi connectivity index (χ1) is 7.22. The van der Waals surface area contributed by atoms with Crippen LogP contribution in [0.2, 0.25) is 5.02 Å². The number of hydrogen-bond donors (Lipinski definition) is 1. The average Bonchev–Trinajstić information content (AvgIpc) is 2.23. The van der Waals surface area contributed by atoms with E-state index in [1.807, 2.05) is 10.6 Å². The van der Waals surface area contributed by atoms with Gasteiger partial charge in [-0.25, -0.2) is 0 Å². The van der Waals surface area contributed by atoms with Gasteiger partial charge < -0.3 is 10.3 Å². The van der Waals surface area contributed by atoms with E-state index in [1.165, 1.54) is 6.07 Å². The van der Waals surface area contributed by atoms with Gasteiger partial charge in [-0.15, -0.1) is 0 Å². The van der Waals surface area contributed by atoms with Crippen molar-refractivity contribution in [3.63, 3.8) is 0 Å². The number of rotatable bonds is 2. The summed E-state index contributed by atoms with van der Waals surface area (Å²) in [6.07, 6.45) is 1.76. The third-order valence-corrected chi connectivity index (χ3v) is 2.54. The largest absolute Gasteiger partial charge is 0.346 e. The maximum absolute atomic E-state index is 11.6. The Balaban J connectivity index is 2.76. The van der Waals surface area contributed by atoms with E-state index in [-0.39, 0.29) is 5.43 Å². The molecular formula is C11H11ClN2O. The van der Waals surface area contributed by atoms with E-state index in [9.17, 15) is 4.79 Å². The van der Waals surface area contributed by atoms with Crippen molar-refractivity contribution in [2.75, 3.05) is 6.54 Å². The van der Waals surface area contributed by atoms with Crippen LogP contribution in [0.25, 0.3) is 10.9 Å². The molecule has 0 radical (unpaired) electrons. The van der Waals surface area contributed by atoms with E-state index >= 15 is 0 Å². The third kappa shape index (κ3) is 1.89. The smallest absolute Gasteiger partial charge is 0.189 e. The molecule has 1 heterocycles. The van der Waals surface area contributed by atoms with Crippen LogP contribution in [0, 0.1) is 0 Å². The number of pyridine rings is 1. The van der Waals surface area contributed by atoms with E-state index in [0.29, 0.717) is 23.5 Å². The van der Waals surface area contributed by atoms with Gasteiger partial charge in [-0.1, -0.05) is 11.6 Å². The SMILES string of the molecule is NCCn1ccc(=O)c2cc(Cl)ccc21. The molecule has 0 saturated heterocycles. The molecule has 0 bridgehead atoms. The van der Waals surface area contributed by atoms with Crippen molar-refractivity contribution in [2.45, 2.75) is 6.54 Å². The Hall–Kier alpha value is -1.32. The molecule has 0 fully saturated rings. The number of benzene rings is 1. The van der Waals surface area contributed by atoms with Gasteiger partial charge >= 0.3 is 0 Å². The molecule has 2 aromatic rings. The van der Waals surface area contributed by atoms with E-state index in [1.54, 1.807) is 18.3 Å². The molecule has 0 saturated carbocycles. The molecule has 0 aliphatic rings. The summed E-state index contributed by atoms with van der Waals surface area (Å²) in [7, 11) is 0. The Morgan fingerprint density at radius 3 is 2.87 bits per heavy atom. The zero-order valence-electron chi connectivity index (χ0n) is 8.11. The molecule has 0 spiro atoms. The molecule has 3 nitrogen and oxygen atoms in total. The molecule has 0 unspecified atom stereocenters. The van der Waals surface area contributed by atoms with Crippen molar-refractivity contribution in [1.82, 2.24) is 4.57 Å². The number of fused-ring (bicyclic) bond motifs is 1. The minimum Gasteiger partial charge on any atom is -0.346 e. The van der Waals surface area contributed by atoms with Gasteiger partial charge in [0.15, 0.2) is 5.43 Å². The highest BCUT2D eigenvalue weighted by Crippen LogP contribution is 2.16. The monoisotopic (exact) mass is 222 g/mol. The Morgan fingerprint density at radius 2 is 2.13 bits per heavy atom. The van der Waals surface area contributed by atoms with Crippen molar-refractivity contribution in [3.8, 4) is 0 Å². The van der Waals surface area contributed by atoms with Gasteiger partial charge in [-0.05, 0) is 18.2 Å². The van der Waals surface area contributed by atoms with Crippen LogP contribution in [0.15, 0.2) is 35.3 Å². The average molecular weight is 223 g/mol. The summed E-state index contributed by atoms with van der Waals surface area (Å²) < 4.78 is 1.95. The van der Waals surface area contributed by atoms with Gasteiger partial charge in [0.2, 0.25) is 0 Å². The first kappa shape index (κ1) is 10.2. The van der Waals surface area contributed by atoms with Crippen molar-refractivity contribution in [1.29, 1.82) is 0 Å². The van der Waals surface area contributed by atoms with Crippen LogP contribution in [0.1, 0.15) is 0 Å².